The minimum absolute atomic E-state index is 0.0655. The minimum atomic E-state index is -2.78. The highest BCUT2D eigenvalue weighted by atomic mass is 19.3. The van der Waals surface area contributed by atoms with E-state index in [1.165, 1.54) is 4.90 Å². The van der Waals surface area contributed by atoms with Crippen molar-refractivity contribution in [3.63, 3.8) is 0 Å². The summed E-state index contributed by atoms with van der Waals surface area (Å²) in [4.78, 5) is 29.2. The van der Waals surface area contributed by atoms with Crippen LogP contribution >= 0.6 is 0 Å². The highest BCUT2D eigenvalue weighted by Gasteiger charge is 2.46. The number of carbonyl (C=O) groups excluding carboxylic acids is 2. The first kappa shape index (κ1) is 30.8. The fourth-order valence-electron chi connectivity index (χ4n) is 5.43. The van der Waals surface area contributed by atoms with Gasteiger partial charge in [-0.1, -0.05) is 30.3 Å². The largest absolute Gasteiger partial charge is 0.475 e. The van der Waals surface area contributed by atoms with Gasteiger partial charge in [0.2, 0.25) is 5.91 Å². The van der Waals surface area contributed by atoms with Gasteiger partial charge in [0.25, 0.3) is 5.92 Å². The number of ether oxygens (including phenoxy) is 1. The normalized spacial score (nSPS) is 23.0. The minimum Gasteiger partial charge on any atom is -0.441 e. The van der Waals surface area contributed by atoms with Crippen molar-refractivity contribution in [2.24, 2.45) is 5.92 Å². The first-order valence-electron chi connectivity index (χ1n) is 13.4. The molecule has 2 amide bonds. The van der Waals surface area contributed by atoms with Gasteiger partial charge in [-0.15, -0.1) is 0 Å². The zero-order valence-electron chi connectivity index (χ0n) is 22.9. The summed E-state index contributed by atoms with van der Waals surface area (Å²) in [5.74, 6) is -5.18. The Kier molecular flexibility index (Phi) is 9.96. The van der Waals surface area contributed by atoms with Crippen molar-refractivity contribution in [2.75, 3.05) is 26.2 Å². The standard InChI is InChI=1S/C27H39BF2N4O5/c1-25(2,34-15-13-27(29,30)19-34)16-21(17-31)23(35)33-14-7-12-26(3,18-33)39-24(36)32-22(28(37)38)11-10-20-8-5-4-6-9-20/h4-6,8-9,21-22,37-38H,7,10-16,18-19H2,1-3H3,(H,32,36)/t21?,22-,26+/m0/s1. The number of nitriles is 1. The Morgan fingerprint density at radius 1 is 1.21 bits per heavy atom. The average Bonchev–Trinajstić information content (AvgIpc) is 3.25. The van der Waals surface area contributed by atoms with Gasteiger partial charge in [-0.2, -0.15) is 5.26 Å². The van der Waals surface area contributed by atoms with E-state index < -0.39 is 54.6 Å². The SMILES string of the molecule is CC(C)(CC(C#N)C(=O)N1CCC[C@@](C)(OC(=O)N[C@@H](CCc2ccccc2)B(O)O)C1)N1CCC(F)(F)C1. The third-order valence-electron chi connectivity index (χ3n) is 7.74. The van der Waals surface area contributed by atoms with Gasteiger partial charge in [0.15, 0.2) is 0 Å². The van der Waals surface area contributed by atoms with Crippen LogP contribution in [0.3, 0.4) is 0 Å². The molecule has 3 N–H and O–H groups in total. The summed E-state index contributed by atoms with van der Waals surface area (Å²) in [6.07, 6.45) is 0.841. The Labute approximate surface area is 229 Å². The van der Waals surface area contributed by atoms with Crippen molar-refractivity contribution in [1.82, 2.24) is 15.1 Å². The maximum Gasteiger partial charge on any atom is 0.475 e. The molecule has 12 heteroatoms. The number of aryl methyl sites for hydroxylation is 1. The molecule has 2 saturated heterocycles. The molecule has 0 radical (unpaired) electrons. The van der Waals surface area contributed by atoms with E-state index in [9.17, 15) is 33.7 Å². The number of halogens is 2. The number of likely N-dealkylation sites (tertiary alicyclic amines) is 2. The summed E-state index contributed by atoms with van der Waals surface area (Å²) >= 11 is 0. The van der Waals surface area contributed by atoms with Crippen LogP contribution in [0.1, 0.15) is 58.4 Å². The number of nitrogens with one attached hydrogen (secondary N) is 1. The van der Waals surface area contributed by atoms with Crippen molar-refractivity contribution in [2.45, 2.75) is 82.3 Å². The molecule has 3 rings (SSSR count). The van der Waals surface area contributed by atoms with Gasteiger partial charge in [0.05, 0.1) is 25.1 Å². The van der Waals surface area contributed by atoms with Crippen molar-refractivity contribution >= 4 is 19.1 Å². The van der Waals surface area contributed by atoms with E-state index >= 15 is 0 Å². The molecule has 1 unspecified atom stereocenters. The van der Waals surface area contributed by atoms with Crippen LogP contribution in [0.2, 0.25) is 0 Å². The van der Waals surface area contributed by atoms with E-state index in [0.29, 0.717) is 25.8 Å². The molecule has 0 spiro atoms. The number of piperidine rings is 1. The second-order valence-corrected chi connectivity index (χ2v) is 11.6. The van der Waals surface area contributed by atoms with Gasteiger partial charge < -0.3 is 25.0 Å². The summed E-state index contributed by atoms with van der Waals surface area (Å²) < 4.78 is 33.2. The van der Waals surface area contributed by atoms with Crippen LogP contribution in [0.4, 0.5) is 13.6 Å². The van der Waals surface area contributed by atoms with E-state index in [-0.39, 0.29) is 32.4 Å². The lowest BCUT2D eigenvalue weighted by molar-refractivity contribution is -0.141. The predicted molar refractivity (Wildman–Crippen MR) is 142 cm³/mol. The van der Waals surface area contributed by atoms with E-state index in [1.807, 2.05) is 30.3 Å². The van der Waals surface area contributed by atoms with Crippen LogP contribution in [0.25, 0.3) is 0 Å². The molecule has 0 bridgehead atoms. The number of carbonyl (C=O) groups is 2. The molecule has 39 heavy (non-hydrogen) atoms. The molecule has 2 aliphatic rings. The Morgan fingerprint density at radius 2 is 1.90 bits per heavy atom. The second kappa shape index (κ2) is 12.6. The van der Waals surface area contributed by atoms with Gasteiger partial charge >= 0.3 is 13.2 Å². The first-order chi connectivity index (χ1) is 18.2. The third kappa shape index (κ3) is 8.62. The molecule has 1 aromatic carbocycles. The highest BCUT2D eigenvalue weighted by molar-refractivity contribution is 6.43. The van der Waals surface area contributed by atoms with Crippen LogP contribution in [-0.2, 0) is 16.0 Å². The molecule has 0 aliphatic carbocycles. The fourth-order valence-corrected chi connectivity index (χ4v) is 5.43. The molecule has 0 aromatic heterocycles. The Morgan fingerprint density at radius 3 is 2.49 bits per heavy atom. The van der Waals surface area contributed by atoms with Gasteiger partial charge in [-0.3, -0.25) is 9.69 Å². The van der Waals surface area contributed by atoms with Crippen LogP contribution < -0.4 is 5.32 Å². The molecule has 214 valence electrons. The third-order valence-corrected chi connectivity index (χ3v) is 7.74. The molecule has 2 heterocycles. The van der Waals surface area contributed by atoms with Gasteiger partial charge in [-0.25, -0.2) is 13.6 Å². The van der Waals surface area contributed by atoms with Crippen LogP contribution in [0, 0.1) is 17.2 Å². The number of amides is 2. The Bertz CT molecular complexity index is 1040. The van der Waals surface area contributed by atoms with Crippen LogP contribution in [0.5, 0.6) is 0 Å². The summed E-state index contributed by atoms with van der Waals surface area (Å²) in [7, 11) is -1.78. The lowest BCUT2D eigenvalue weighted by Gasteiger charge is -2.42. The number of nitrogens with zero attached hydrogens (tertiary/aromatic N) is 3. The Balaban J connectivity index is 1.57. The van der Waals surface area contributed by atoms with Gasteiger partial charge in [0.1, 0.15) is 11.5 Å². The zero-order chi connectivity index (χ0) is 28.8. The summed E-state index contributed by atoms with van der Waals surface area (Å²) in [5, 5.41) is 31.8. The monoisotopic (exact) mass is 548 g/mol. The molecule has 3 atom stereocenters. The lowest BCUT2D eigenvalue weighted by Crippen LogP contribution is -2.55. The number of hydrogen-bond donors (Lipinski definition) is 3. The summed E-state index contributed by atoms with van der Waals surface area (Å²) in [6, 6.07) is 11.5. The number of benzene rings is 1. The van der Waals surface area contributed by atoms with Crippen molar-refractivity contribution in [1.29, 1.82) is 5.26 Å². The smallest absolute Gasteiger partial charge is 0.441 e. The maximum atomic E-state index is 13.8. The topological polar surface area (TPSA) is 126 Å². The molecule has 1 aromatic rings. The predicted octanol–water partition coefficient (Wildman–Crippen LogP) is 2.76. The molecule has 2 fully saturated rings. The summed E-state index contributed by atoms with van der Waals surface area (Å²) in [6.45, 7) is 5.48. The van der Waals surface area contributed by atoms with Crippen molar-refractivity contribution < 1.29 is 33.2 Å². The molecular weight excluding hydrogens is 509 g/mol. The van der Waals surface area contributed by atoms with E-state index in [0.717, 1.165) is 5.56 Å². The van der Waals surface area contributed by atoms with E-state index in [2.05, 4.69) is 11.4 Å². The molecule has 2 aliphatic heterocycles. The van der Waals surface area contributed by atoms with E-state index in [1.54, 1.807) is 25.7 Å². The van der Waals surface area contributed by atoms with Gasteiger partial charge in [0, 0.05) is 25.0 Å². The molecular formula is C27H39BF2N4O5. The number of rotatable bonds is 10. The fraction of sp³-hybridized carbons (Fsp3) is 0.667. The second-order valence-electron chi connectivity index (χ2n) is 11.6. The lowest BCUT2D eigenvalue weighted by atomic mass is 9.76. The van der Waals surface area contributed by atoms with Gasteiger partial charge in [-0.05, 0) is 58.4 Å². The quantitative estimate of drug-likeness (QED) is 0.384. The number of hydrogen-bond acceptors (Lipinski definition) is 7. The molecule has 0 saturated carbocycles. The van der Waals surface area contributed by atoms with Crippen LogP contribution in [-0.4, -0.2) is 88.1 Å². The van der Waals surface area contributed by atoms with E-state index in [4.69, 9.17) is 4.74 Å². The zero-order valence-corrected chi connectivity index (χ0v) is 22.9. The average molecular weight is 548 g/mol. The van der Waals surface area contributed by atoms with Crippen LogP contribution in [0.15, 0.2) is 30.3 Å². The highest BCUT2D eigenvalue weighted by Crippen LogP contribution is 2.35. The molecule has 9 nitrogen and oxygen atoms in total. The maximum absolute atomic E-state index is 13.8. The number of alkyl halides is 2. The van der Waals surface area contributed by atoms with Crippen molar-refractivity contribution in [3.8, 4) is 6.07 Å². The first-order valence-corrected chi connectivity index (χ1v) is 13.4. The Hall–Kier alpha value is -2.75. The van der Waals surface area contributed by atoms with Crippen molar-refractivity contribution in [3.05, 3.63) is 35.9 Å². The summed E-state index contributed by atoms with van der Waals surface area (Å²) in [5.41, 5.74) is -0.833. The number of alkyl carbamates (subject to hydrolysis) is 1.